The number of nitrogens with zero attached hydrogens (tertiary/aromatic N) is 3. The molecule has 0 saturated heterocycles. The summed E-state index contributed by atoms with van der Waals surface area (Å²) in [4.78, 5) is 0. The summed E-state index contributed by atoms with van der Waals surface area (Å²) in [6, 6.07) is 5.10. The first-order valence-corrected chi connectivity index (χ1v) is 7.17. The van der Waals surface area contributed by atoms with E-state index < -0.39 is 0 Å². The van der Waals surface area contributed by atoms with Gasteiger partial charge in [-0.15, -0.1) is 0 Å². The molecule has 0 bridgehead atoms. The average Bonchev–Trinajstić information content (AvgIpc) is 2.71. The number of rotatable bonds is 3. The van der Waals surface area contributed by atoms with Crippen LogP contribution in [-0.4, -0.2) is 21.1 Å². The zero-order chi connectivity index (χ0) is 15.4. The minimum Gasteiger partial charge on any atom is -0.330 e. The van der Waals surface area contributed by atoms with Gasteiger partial charge in [-0.05, 0) is 37.3 Å². The quantitative estimate of drug-likeness (QED) is 0.510. The molecule has 8 heteroatoms. The van der Waals surface area contributed by atoms with Gasteiger partial charge < -0.3 is 5.32 Å². The number of thiocarbonyl (C=S) groups is 1. The first kappa shape index (κ1) is 15.8. The lowest BCUT2D eigenvalue weighted by Gasteiger charge is -2.08. The SMILES string of the molecule is Cc1nn(C)cc1C=NNC(=S)Nc1ccc(Cl)cc1Cl. The molecule has 5 nitrogen and oxygen atoms in total. The number of hydrogen-bond donors (Lipinski definition) is 2. The number of aryl methyl sites for hydroxylation is 2. The van der Waals surface area contributed by atoms with Gasteiger partial charge in [0.15, 0.2) is 5.11 Å². The number of anilines is 1. The second kappa shape index (κ2) is 6.89. The van der Waals surface area contributed by atoms with Crippen LogP contribution in [0.5, 0.6) is 0 Å². The number of benzene rings is 1. The van der Waals surface area contributed by atoms with E-state index in [1.165, 1.54) is 0 Å². The van der Waals surface area contributed by atoms with Crippen molar-refractivity contribution in [2.45, 2.75) is 6.92 Å². The summed E-state index contributed by atoms with van der Waals surface area (Å²) < 4.78 is 1.72. The molecule has 2 N–H and O–H groups in total. The Morgan fingerprint density at radius 1 is 1.43 bits per heavy atom. The van der Waals surface area contributed by atoms with Gasteiger partial charge in [0.2, 0.25) is 0 Å². The third kappa shape index (κ3) is 4.42. The van der Waals surface area contributed by atoms with Crippen molar-refractivity contribution < 1.29 is 0 Å². The van der Waals surface area contributed by atoms with Gasteiger partial charge in [-0.1, -0.05) is 23.2 Å². The minimum absolute atomic E-state index is 0.331. The van der Waals surface area contributed by atoms with Gasteiger partial charge >= 0.3 is 0 Å². The Morgan fingerprint density at radius 2 is 2.19 bits per heavy atom. The van der Waals surface area contributed by atoms with Gasteiger partial charge in [-0.25, -0.2) is 0 Å². The number of hydrazone groups is 1. The highest BCUT2D eigenvalue weighted by atomic mass is 35.5. The summed E-state index contributed by atoms with van der Waals surface area (Å²) in [5, 5.41) is 12.6. The highest BCUT2D eigenvalue weighted by molar-refractivity contribution is 7.80. The third-order valence-corrected chi connectivity index (χ3v) is 3.34. The molecule has 1 aromatic carbocycles. The van der Waals surface area contributed by atoms with Crippen molar-refractivity contribution in [2.24, 2.45) is 12.1 Å². The van der Waals surface area contributed by atoms with Crippen LogP contribution in [-0.2, 0) is 7.05 Å². The summed E-state index contributed by atoms with van der Waals surface area (Å²) in [6.07, 6.45) is 3.52. The molecule has 0 aliphatic rings. The van der Waals surface area contributed by atoms with Crippen molar-refractivity contribution in [3.05, 3.63) is 45.7 Å². The van der Waals surface area contributed by atoms with Gasteiger partial charge in [0.05, 0.1) is 22.6 Å². The van der Waals surface area contributed by atoms with Crippen LogP contribution in [0.4, 0.5) is 5.69 Å². The van der Waals surface area contributed by atoms with E-state index >= 15 is 0 Å². The van der Waals surface area contributed by atoms with E-state index in [2.05, 4.69) is 20.9 Å². The van der Waals surface area contributed by atoms with Crippen LogP contribution >= 0.6 is 35.4 Å². The van der Waals surface area contributed by atoms with Crippen molar-refractivity contribution in [2.75, 3.05) is 5.32 Å². The van der Waals surface area contributed by atoms with Gasteiger partial charge in [0.1, 0.15) is 0 Å². The molecule has 1 heterocycles. The summed E-state index contributed by atoms with van der Waals surface area (Å²) in [5.41, 5.74) is 5.18. The predicted octanol–water partition coefficient (Wildman–Crippen LogP) is 3.36. The number of halogens is 2. The second-order valence-electron chi connectivity index (χ2n) is 4.29. The predicted molar refractivity (Wildman–Crippen MR) is 91.4 cm³/mol. The van der Waals surface area contributed by atoms with Gasteiger partial charge in [-0.3, -0.25) is 10.1 Å². The lowest BCUT2D eigenvalue weighted by atomic mass is 10.3. The molecule has 1 aromatic heterocycles. The van der Waals surface area contributed by atoms with Crippen molar-refractivity contribution in [3.8, 4) is 0 Å². The zero-order valence-corrected chi connectivity index (χ0v) is 13.7. The second-order valence-corrected chi connectivity index (χ2v) is 5.54. The fourth-order valence-electron chi connectivity index (χ4n) is 1.65. The van der Waals surface area contributed by atoms with Crippen molar-refractivity contribution >= 4 is 52.4 Å². The third-order valence-electron chi connectivity index (χ3n) is 2.60. The molecular weight excluding hydrogens is 329 g/mol. The Morgan fingerprint density at radius 3 is 2.81 bits per heavy atom. The summed E-state index contributed by atoms with van der Waals surface area (Å²) in [6.45, 7) is 1.91. The lowest BCUT2D eigenvalue weighted by molar-refractivity contribution is 0.756. The highest BCUT2D eigenvalue weighted by Gasteiger charge is 2.03. The molecule has 0 unspecified atom stereocenters. The summed E-state index contributed by atoms with van der Waals surface area (Å²) in [5.74, 6) is 0. The average molecular weight is 342 g/mol. The van der Waals surface area contributed by atoms with Crippen LogP contribution in [0, 0.1) is 6.92 Å². The number of aromatic nitrogens is 2. The van der Waals surface area contributed by atoms with E-state index in [4.69, 9.17) is 35.4 Å². The van der Waals surface area contributed by atoms with E-state index in [9.17, 15) is 0 Å². The molecule has 0 aliphatic heterocycles. The molecule has 2 aromatic rings. The fourth-order valence-corrected chi connectivity index (χ4v) is 2.26. The molecule has 0 atom stereocenters. The lowest BCUT2D eigenvalue weighted by Crippen LogP contribution is -2.24. The Kier molecular flexibility index (Phi) is 5.17. The summed E-state index contributed by atoms with van der Waals surface area (Å²) >= 11 is 17.0. The van der Waals surface area contributed by atoms with Crippen LogP contribution in [0.15, 0.2) is 29.5 Å². The number of hydrogen-bond acceptors (Lipinski definition) is 3. The Balaban J connectivity index is 1.94. The molecule has 0 radical (unpaired) electrons. The smallest absolute Gasteiger partial charge is 0.191 e. The molecule has 110 valence electrons. The summed E-state index contributed by atoms with van der Waals surface area (Å²) in [7, 11) is 1.85. The van der Waals surface area contributed by atoms with Gasteiger partial charge in [0.25, 0.3) is 0 Å². The molecule has 2 rings (SSSR count). The van der Waals surface area contributed by atoms with E-state index in [0.29, 0.717) is 20.8 Å². The largest absolute Gasteiger partial charge is 0.330 e. The Bertz CT molecular complexity index is 696. The van der Waals surface area contributed by atoms with E-state index in [1.54, 1.807) is 29.1 Å². The van der Waals surface area contributed by atoms with E-state index in [0.717, 1.165) is 11.3 Å². The molecule has 0 aliphatic carbocycles. The zero-order valence-electron chi connectivity index (χ0n) is 11.4. The van der Waals surface area contributed by atoms with Crippen LogP contribution < -0.4 is 10.7 Å². The Labute approximate surface area is 137 Å². The topological polar surface area (TPSA) is 54.2 Å². The fraction of sp³-hybridized carbons (Fsp3) is 0.154. The highest BCUT2D eigenvalue weighted by Crippen LogP contribution is 2.25. The van der Waals surface area contributed by atoms with E-state index in [-0.39, 0.29) is 0 Å². The van der Waals surface area contributed by atoms with Gasteiger partial charge in [-0.2, -0.15) is 10.2 Å². The van der Waals surface area contributed by atoms with Crippen molar-refractivity contribution in [3.63, 3.8) is 0 Å². The standard InChI is InChI=1S/C13H13Cl2N5S/c1-8-9(7-20(2)19-8)6-16-18-13(21)17-12-4-3-10(14)5-11(12)15/h3-7H,1-2H3,(H2,17,18,21). The van der Waals surface area contributed by atoms with Crippen molar-refractivity contribution in [1.82, 2.24) is 15.2 Å². The molecule has 0 saturated carbocycles. The van der Waals surface area contributed by atoms with Crippen LogP contribution in [0.3, 0.4) is 0 Å². The van der Waals surface area contributed by atoms with Crippen LogP contribution in [0.2, 0.25) is 10.0 Å². The normalized spacial score (nSPS) is 10.9. The van der Waals surface area contributed by atoms with Crippen LogP contribution in [0.25, 0.3) is 0 Å². The molecule has 0 amide bonds. The maximum atomic E-state index is 6.04. The molecular formula is C13H13Cl2N5S. The monoisotopic (exact) mass is 341 g/mol. The minimum atomic E-state index is 0.331. The maximum absolute atomic E-state index is 6.04. The molecule has 21 heavy (non-hydrogen) atoms. The first-order valence-electron chi connectivity index (χ1n) is 6.01. The van der Waals surface area contributed by atoms with Crippen molar-refractivity contribution in [1.29, 1.82) is 0 Å². The molecule has 0 fully saturated rings. The first-order chi connectivity index (χ1) is 9.95. The number of nitrogens with one attached hydrogen (secondary N) is 2. The van der Waals surface area contributed by atoms with Crippen LogP contribution in [0.1, 0.15) is 11.3 Å². The molecule has 0 spiro atoms. The van der Waals surface area contributed by atoms with Gasteiger partial charge in [0, 0.05) is 23.8 Å². The maximum Gasteiger partial charge on any atom is 0.191 e. The van der Waals surface area contributed by atoms with E-state index in [1.807, 2.05) is 20.2 Å². The Hall–Kier alpha value is -1.63.